The van der Waals surface area contributed by atoms with Crippen LogP contribution >= 0.6 is 0 Å². The first-order valence-electron chi connectivity index (χ1n) is 8.67. The van der Waals surface area contributed by atoms with Crippen molar-refractivity contribution in [3.63, 3.8) is 0 Å². The van der Waals surface area contributed by atoms with Gasteiger partial charge in [-0.1, -0.05) is 0 Å². The number of rotatable bonds is 4. The van der Waals surface area contributed by atoms with Crippen LogP contribution in [-0.2, 0) is 9.47 Å². The highest BCUT2D eigenvalue weighted by molar-refractivity contribution is 5.68. The molecule has 0 aliphatic carbocycles. The van der Waals surface area contributed by atoms with Gasteiger partial charge in [-0.2, -0.15) is 0 Å². The average molecular weight is 312 g/mol. The molecule has 2 rings (SSSR count). The minimum Gasteiger partial charge on any atom is -0.444 e. The van der Waals surface area contributed by atoms with Gasteiger partial charge in [-0.25, -0.2) is 4.79 Å². The van der Waals surface area contributed by atoms with Crippen LogP contribution in [0.1, 0.15) is 53.4 Å². The highest BCUT2D eigenvalue weighted by atomic mass is 16.6. The number of carbonyl (C=O) groups is 1. The first-order valence-corrected chi connectivity index (χ1v) is 8.67. The molecule has 5 heteroatoms. The molecule has 0 radical (unpaired) electrons. The third-order valence-corrected chi connectivity index (χ3v) is 4.60. The van der Waals surface area contributed by atoms with Gasteiger partial charge in [0.15, 0.2) is 0 Å². The van der Waals surface area contributed by atoms with Gasteiger partial charge in [0.05, 0.1) is 6.61 Å². The monoisotopic (exact) mass is 312 g/mol. The normalized spacial score (nSPS) is 27.7. The topological polar surface area (TPSA) is 50.8 Å². The fraction of sp³-hybridized carbons (Fsp3) is 0.941. The number of carbonyl (C=O) groups excluding carboxylic acids is 1. The standard InChI is InChI=1S/C17H32N2O3/c1-13(14-8-10-21-12-14)18-11-15-7-5-6-9-19(15)16(20)22-17(2,3)4/h13-15,18H,5-12H2,1-4H3. The number of hydrogen-bond acceptors (Lipinski definition) is 4. The first kappa shape index (κ1) is 17.5. The molecule has 0 saturated carbocycles. The second-order valence-corrected chi connectivity index (χ2v) is 7.64. The zero-order chi connectivity index (χ0) is 16.2. The Labute approximate surface area is 134 Å². The number of hydrogen-bond donors (Lipinski definition) is 1. The molecule has 3 atom stereocenters. The quantitative estimate of drug-likeness (QED) is 0.867. The lowest BCUT2D eigenvalue weighted by Crippen LogP contribution is -2.51. The predicted octanol–water partition coefficient (Wildman–Crippen LogP) is 2.79. The molecule has 2 saturated heterocycles. The number of nitrogens with one attached hydrogen (secondary N) is 1. The Kier molecular flexibility index (Phi) is 6.09. The molecule has 1 N–H and O–H groups in total. The average Bonchev–Trinajstić information content (AvgIpc) is 2.97. The van der Waals surface area contributed by atoms with Crippen molar-refractivity contribution in [3.8, 4) is 0 Å². The number of likely N-dealkylation sites (tertiary alicyclic amines) is 1. The summed E-state index contributed by atoms with van der Waals surface area (Å²) in [5.41, 5.74) is -0.430. The van der Waals surface area contributed by atoms with Crippen molar-refractivity contribution in [1.82, 2.24) is 10.2 Å². The molecule has 1 amide bonds. The summed E-state index contributed by atoms with van der Waals surface area (Å²) in [5, 5.41) is 3.61. The summed E-state index contributed by atoms with van der Waals surface area (Å²) in [7, 11) is 0. The van der Waals surface area contributed by atoms with E-state index in [2.05, 4.69) is 12.2 Å². The number of piperidine rings is 1. The van der Waals surface area contributed by atoms with E-state index in [0.717, 1.165) is 45.6 Å². The summed E-state index contributed by atoms with van der Waals surface area (Å²) < 4.78 is 11.0. The third kappa shape index (κ3) is 5.13. The van der Waals surface area contributed by atoms with E-state index >= 15 is 0 Å². The summed E-state index contributed by atoms with van der Waals surface area (Å²) in [6.45, 7) is 11.4. The summed E-state index contributed by atoms with van der Waals surface area (Å²) >= 11 is 0. The van der Waals surface area contributed by atoms with Crippen molar-refractivity contribution in [1.29, 1.82) is 0 Å². The molecule has 2 fully saturated rings. The molecule has 2 aliphatic heterocycles. The molecule has 0 aromatic heterocycles. The van der Waals surface area contributed by atoms with Gasteiger partial charge in [-0.15, -0.1) is 0 Å². The summed E-state index contributed by atoms with van der Waals surface area (Å²) in [4.78, 5) is 14.3. The second kappa shape index (κ2) is 7.64. The number of ether oxygens (including phenoxy) is 2. The molecule has 0 bridgehead atoms. The van der Waals surface area contributed by atoms with Gasteiger partial charge in [0, 0.05) is 31.8 Å². The maximum absolute atomic E-state index is 12.4. The van der Waals surface area contributed by atoms with Crippen molar-refractivity contribution in [2.45, 2.75) is 71.1 Å². The Hall–Kier alpha value is -0.810. The molecule has 22 heavy (non-hydrogen) atoms. The second-order valence-electron chi connectivity index (χ2n) is 7.64. The fourth-order valence-electron chi connectivity index (χ4n) is 3.21. The van der Waals surface area contributed by atoms with Gasteiger partial charge in [0.2, 0.25) is 0 Å². The minimum absolute atomic E-state index is 0.171. The van der Waals surface area contributed by atoms with Crippen molar-refractivity contribution >= 4 is 6.09 Å². The number of nitrogens with zero attached hydrogens (tertiary/aromatic N) is 1. The van der Waals surface area contributed by atoms with Crippen molar-refractivity contribution in [3.05, 3.63) is 0 Å². The molecular weight excluding hydrogens is 280 g/mol. The lowest BCUT2D eigenvalue weighted by Gasteiger charge is -2.37. The van der Waals surface area contributed by atoms with Crippen molar-refractivity contribution in [2.75, 3.05) is 26.3 Å². The van der Waals surface area contributed by atoms with E-state index in [0.29, 0.717) is 12.0 Å². The maximum atomic E-state index is 12.4. The van der Waals surface area contributed by atoms with Crippen molar-refractivity contribution in [2.24, 2.45) is 5.92 Å². The predicted molar refractivity (Wildman–Crippen MR) is 87.0 cm³/mol. The van der Waals surface area contributed by atoms with Crippen LogP contribution in [0.4, 0.5) is 4.79 Å². The fourth-order valence-corrected chi connectivity index (χ4v) is 3.21. The smallest absolute Gasteiger partial charge is 0.410 e. The van der Waals surface area contributed by atoms with Crippen LogP contribution in [0, 0.1) is 5.92 Å². The van der Waals surface area contributed by atoms with Gasteiger partial charge in [0.25, 0.3) is 0 Å². The van der Waals surface area contributed by atoms with Crippen LogP contribution in [0.25, 0.3) is 0 Å². The third-order valence-electron chi connectivity index (χ3n) is 4.60. The molecule has 0 aromatic rings. The van der Waals surface area contributed by atoms with Crippen molar-refractivity contribution < 1.29 is 14.3 Å². The van der Waals surface area contributed by atoms with E-state index < -0.39 is 5.60 Å². The Morgan fingerprint density at radius 2 is 2.14 bits per heavy atom. The van der Waals surface area contributed by atoms with E-state index in [-0.39, 0.29) is 12.1 Å². The lowest BCUT2D eigenvalue weighted by atomic mass is 9.98. The Bertz CT molecular complexity index is 361. The molecule has 2 aliphatic rings. The molecular formula is C17H32N2O3. The summed E-state index contributed by atoms with van der Waals surface area (Å²) in [6.07, 6.45) is 4.28. The van der Waals surface area contributed by atoms with E-state index in [1.54, 1.807) is 0 Å². The Morgan fingerprint density at radius 1 is 1.36 bits per heavy atom. The zero-order valence-corrected chi connectivity index (χ0v) is 14.6. The highest BCUT2D eigenvalue weighted by Crippen LogP contribution is 2.21. The zero-order valence-electron chi connectivity index (χ0n) is 14.6. The largest absolute Gasteiger partial charge is 0.444 e. The molecule has 0 aromatic carbocycles. The molecule has 5 nitrogen and oxygen atoms in total. The van der Waals surface area contributed by atoms with Gasteiger partial charge < -0.3 is 19.7 Å². The summed E-state index contributed by atoms with van der Waals surface area (Å²) in [5.74, 6) is 0.596. The summed E-state index contributed by atoms with van der Waals surface area (Å²) in [6, 6.07) is 0.679. The molecule has 128 valence electrons. The van der Waals surface area contributed by atoms with Gasteiger partial charge in [-0.3, -0.25) is 0 Å². The highest BCUT2D eigenvalue weighted by Gasteiger charge is 2.31. The molecule has 3 unspecified atom stereocenters. The van der Waals surface area contributed by atoms with Crippen LogP contribution < -0.4 is 5.32 Å². The minimum atomic E-state index is -0.430. The first-order chi connectivity index (χ1) is 10.4. The molecule has 2 heterocycles. The van der Waals surface area contributed by atoms with E-state index in [1.807, 2.05) is 25.7 Å². The Balaban J connectivity index is 1.85. The SMILES string of the molecule is CC(NCC1CCCCN1C(=O)OC(C)(C)C)C1CCOC1. The van der Waals surface area contributed by atoms with Crippen LogP contribution in [0.15, 0.2) is 0 Å². The molecule has 0 spiro atoms. The van der Waals surface area contributed by atoms with Crippen LogP contribution in [0.2, 0.25) is 0 Å². The maximum Gasteiger partial charge on any atom is 0.410 e. The van der Waals surface area contributed by atoms with Crippen LogP contribution in [0.3, 0.4) is 0 Å². The van der Waals surface area contributed by atoms with Gasteiger partial charge in [0.1, 0.15) is 5.60 Å². The van der Waals surface area contributed by atoms with E-state index in [9.17, 15) is 4.79 Å². The van der Waals surface area contributed by atoms with Gasteiger partial charge in [-0.05, 0) is 59.3 Å². The van der Waals surface area contributed by atoms with Crippen LogP contribution in [-0.4, -0.2) is 55.0 Å². The van der Waals surface area contributed by atoms with E-state index in [1.165, 1.54) is 6.42 Å². The lowest BCUT2D eigenvalue weighted by molar-refractivity contribution is 0.00947. The van der Waals surface area contributed by atoms with E-state index in [4.69, 9.17) is 9.47 Å². The Morgan fingerprint density at radius 3 is 2.77 bits per heavy atom. The van der Waals surface area contributed by atoms with Crippen LogP contribution in [0.5, 0.6) is 0 Å². The number of amides is 1. The van der Waals surface area contributed by atoms with Gasteiger partial charge >= 0.3 is 6.09 Å².